The molecule has 0 saturated carbocycles. The van der Waals surface area contributed by atoms with Gasteiger partial charge in [0, 0.05) is 37.7 Å². The molecule has 1 aliphatic heterocycles. The van der Waals surface area contributed by atoms with Gasteiger partial charge in [0.2, 0.25) is 5.91 Å². The Hall–Kier alpha value is -2.87. The highest BCUT2D eigenvalue weighted by Gasteiger charge is 2.24. The fraction of sp³-hybridized carbons (Fsp3) is 0.400. The number of nitrogens with zero attached hydrogens (tertiary/aromatic N) is 5. The summed E-state index contributed by atoms with van der Waals surface area (Å²) >= 11 is 0. The van der Waals surface area contributed by atoms with Crippen LogP contribution in [0.4, 0.5) is 4.39 Å². The van der Waals surface area contributed by atoms with Crippen LogP contribution in [0.25, 0.3) is 22.4 Å². The van der Waals surface area contributed by atoms with Gasteiger partial charge < -0.3 is 14.2 Å². The predicted molar refractivity (Wildman–Crippen MR) is 102 cm³/mol. The minimum absolute atomic E-state index is 0.0682. The Balaban J connectivity index is 1.53. The summed E-state index contributed by atoms with van der Waals surface area (Å²) in [5, 5.41) is 0. The number of hydrogen-bond donors (Lipinski definition) is 0. The number of carbonyl (C=O) groups excluding carboxylic acids is 1. The first-order valence-electron chi connectivity index (χ1n) is 9.49. The fourth-order valence-electron chi connectivity index (χ4n) is 3.39. The molecule has 0 N–H and O–H groups in total. The van der Waals surface area contributed by atoms with E-state index in [2.05, 4.69) is 15.0 Å². The average molecular weight is 383 g/mol. The standard InChI is InChI=1S/C20H22FN5O2/c1-2-9-28-10-5-18(27)25-7-8-26-17(13-25)24-16-11-14(12-23-20(16)26)19-15(21)4-3-6-22-19/h3-4,6,11-12H,2,5,7-10,13H2,1H3. The number of imidazole rings is 1. The normalized spacial score (nSPS) is 13.7. The van der Waals surface area contributed by atoms with E-state index < -0.39 is 5.82 Å². The molecule has 0 atom stereocenters. The zero-order valence-corrected chi connectivity index (χ0v) is 15.8. The second-order valence-electron chi connectivity index (χ2n) is 6.76. The summed E-state index contributed by atoms with van der Waals surface area (Å²) in [5.74, 6) is 0.462. The Morgan fingerprint density at radius 3 is 3.00 bits per heavy atom. The molecule has 4 rings (SSSR count). The highest BCUT2D eigenvalue weighted by Crippen LogP contribution is 2.25. The molecule has 0 radical (unpaired) electrons. The Labute approximate surface area is 162 Å². The number of fused-ring (bicyclic) bond motifs is 3. The third kappa shape index (κ3) is 3.60. The molecule has 28 heavy (non-hydrogen) atoms. The van der Waals surface area contributed by atoms with E-state index in [-0.39, 0.29) is 11.6 Å². The molecule has 0 unspecified atom stereocenters. The van der Waals surface area contributed by atoms with Gasteiger partial charge >= 0.3 is 0 Å². The predicted octanol–water partition coefficient (Wildman–Crippen LogP) is 2.79. The number of halogens is 1. The molecule has 1 aliphatic rings. The molecule has 8 heteroatoms. The summed E-state index contributed by atoms with van der Waals surface area (Å²) in [4.78, 5) is 27.4. The Bertz CT molecular complexity index is 1000. The van der Waals surface area contributed by atoms with Gasteiger partial charge in [0.05, 0.1) is 19.6 Å². The minimum Gasteiger partial charge on any atom is -0.381 e. The number of rotatable bonds is 6. The van der Waals surface area contributed by atoms with E-state index in [9.17, 15) is 9.18 Å². The lowest BCUT2D eigenvalue weighted by atomic mass is 10.2. The quantitative estimate of drug-likeness (QED) is 0.612. The van der Waals surface area contributed by atoms with Gasteiger partial charge in [-0.15, -0.1) is 0 Å². The maximum Gasteiger partial charge on any atom is 0.225 e. The van der Waals surface area contributed by atoms with Gasteiger partial charge in [0.25, 0.3) is 0 Å². The van der Waals surface area contributed by atoms with Crippen LogP contribution in [0.2, 0.25) is 0 Å². The molecule has 0 fully saturated rings. The lowest BCUT2D eigenvalue weighted by molar-refractivity contribution is -0.133. The smallest absolute Gasteiger partial charge is 0.225 e. The summed E-state index contributed by atoms with van der Waals surface area (Å²) in [6.45, 7) is 4.85. The van der Waals surface area contributed by atoms with Crippen molar-refractivity contribution in [1.82, 2.24) is 24.4 Å². The number of aromatic nitrogens is 4. The summed E-state index contributed by atoms with van der Waals surface area (Å²) in [6.07, 6.45) is 4.49. The van der Waals surface area contributed by atoms with Crippen LogP contribution < -0.4 is 0 Å². The van der Waals surface area contributed by atoms with Crippen LogP contribution in [0.3, 0.4) is 0 Å². The number of hydrogen-bond acceptors (Lipinski definition) is 5. The van der Waals surface area contributed by atoms with Crippen molar-refractivity contribution in [3.8, 4) is 11.3 Å². The monoisotopic (exact) mass is 383 g/mol. The zero-order chi connectivity index (χ0) is 19.5. The van der Waals surface area contributed by atoms with Crippen molar-refractivity contribution in [3.63, 3.8) is 0 Å². The molecule has 7 nitrogen and oxygen atoms in total. The largest absolute Gasteiger partial charge is 0.381 e. The summed E-state index contributed by atoms with van der Waals surface area (Å²) in [7, 11) is 0. The Morgan fingerprint density at radius 1 is 1.29 bits per heavy atom. The number of amides is 1. The molecular weight excluding hydrogens is 361 g/mol. The molecule has 0 saturated heterocycles. The summed E-state index contributed by atoms with van der Waals surface area (Å²) in [6, 6.07) is 4.72. The topological polar surface area (TPSA) is 73.1 Å². The first-order chi connectivity index (χ1) is 13.7. The van der Waals surface area contributed by atoms with Crippen molar-refractivity contribution >= 4 is 17.1 Å². The maximum absolute atomic E-state index is 14.0. The maximum atomic E-state index is 14.0. The zero-order valence-electron chi connectivity index (χ0n) is 15.8. The Kier molecular flexibility index (Phi) is 5.29. The van der Waals surface area contributed by atoms with E-state index in [4.69, 9.17) is 4.74 Å². The van der Waals surface area contributed by atoms with Crippen LogP contribution in [0.15, 0.2) is 30.6 Å². The lowest BCUT2D eigenvalue weighted by Crippen LogP contribution is -2.38. The van der Waals surface area contributed by atoms with Crippen molar-refractivity contribution in [1.29, 1.82) is 0 Å². The van der Waals surface area contributed by atoms with Crippen LogP contribution in [0, 0.1) is 5.82 Å². The third-order valence-corrected chi connectivity index (χ3v) is 4.78. The minimum atomic E-state index is -0.394. The van der Waals surface area contributed by atoms with E-state index in [1.54, 1.807) is 29.4 Å². The van der Waals surface area contributed by atoms with Crippen molar-refractivity contribution in [2.75, 3.05) is 19.8 Å². The van der Waals surface area contributed by atoms with E-state index in [0.29, 0.717) is 50.3 Å². The highest BCUT2D eigenvalue weighted by atomic mass is 19.1. The number of pyridine rings is 2. The van der Waals surface area contributed by atoms with Crippen molar-refractivity contribution in [3.05, 3.63) is 42.2 Å². The fourth-order valence-corrected chi connectivity index (χ4v) is 3.39. The molecule has 0 aromatic carbocycles. The van der Waals surface area contributed by atoms with Crippen molar-refractivity contribution in [2.24, 2.45) is 0 Å². The Morgan fingerprint density at radius 2 is 2.18 bits per heavy atom. The summed E-state index contributed by atoms with van der Waals surface area (Å²) < 4.78 is 21.5. The van der Waals surface area contributed by atoms with E-state index in [0.717, 1.165) is 17.9 Å². The van der Waals surface area contributed by atoms with Gasteiger partial charge in [-0.3, -0.25) is 9.78 Å². The van der Waals surface area contributed by atoms with E-state index in [1.165, 1.54) is 6.07 Å². The van der Waals surface area contributed by atoms with E-state index in [1.807, 2.05) is 11.5 Å². The van der Waals surface area contributed by atoms with Gasteiger partial charge in [-0.05, 0) is 24.6 Å². The molecule has 1 amide bonds. The van der Waals surface area contributed by atoms with Gasteiger partial charge in [-0.1, -0.05) is 6.92 Å². The third-order valence-electron chi connectivity index (χ3n) is 4.78. The molecule has 0 spiro atoms. The van der Waals surface area contributed by atoms with Crippen molar-refractivity contribution in [2.45, 2.75) is 32.9 Å². The molecule has 0 aliphatic carbocycles. The first kappa shape index (κ1) is 18.5. The lowest BCUT2D eigenvalue weighted by Gasteiger charge is -2.27. The molecule has 3 aromatic rings. The summed E-state index contributed by atoms with van der Waals surface area (Å²) in [5.41, 5.74) is 2.26. The van der Waals surface area contributed by atoms with Crippen LogP contribution in [-0.2, 0) is 22.6 Å². The molecule has 3 aromatic heterocycles. The molecule has 0 bridgehead atoms. The van der Waals surface area contributed by atoms with Gasteiger partial charge in [0.15, 0.2) is 5.65 Å². The average Bonchev–Trinajstić information content (AvgIpc) is 3.08. The number of ether oxygens (including phenoxy) is 1. The van der Waals surface area contributed by atoms with Crippen LogP contribution in [0.5, 0.6) is 0 Å². The SMILES string of the molecule is CCCOCCC(=O)N1CCn2c(nc3cc(-c4ncccc4F)cnc32)C1. The van der Waals surface area contributed by atoms with Crippen LogP contribution >= 0.6 is 0 Å². The number of carbonyl (C=O) groups is 1. The van der Waals surface area contributed by atoms with Crippen molar-refractivity contribution < 1.29 is 13.9 Å². The van der Waals surface area contributed by atoms with Gasteiger partial charge in [-0.2, -0.15) is 0 Å². The van der Waals surface area contributed by atoms with Gasteiger partial charge in [0.1, 0.15) is 22.9 Å². The molecule has 4 heterocycles. The second kappa shape index (κ2) is 8.02. The van der Waals surface area contributed by atoms with E-state index >= 15 is 0 Å². The first-order valence-corrected chi connectivity index (χ1v) is 9.49. The van der Waals surface area contributed by atoms with Crippen LogP contribution in [-0.4, -0.2) is 50.1 Å². The molecule has 146 valence electrons. The second-order valence-corrected chi connectivity index (χ2v) is 6.76. The molecular formula is C20H22FN5O2. The highest BCUT2D eigenvalue weighted by molar-refractivity contribution is 5.79. The van der Waals surface area contributed by atoms with Gasteiger partial charge in [-0.25, -0.2) is 14.4 Å². The van der Waals surface area contributed by atoms with Crippen LogP contribution in [0.1, 0.15) is 25.6 Å².